The fourth-order valence-corrected chi connectivity index (χ4v) is 3.00. The van der Waals surface area contributed by atoms with Gasteiger partial charge in [0.2, 0.25) is 0 Å². The van der Waals surface area contributed by atoms with Crippen molar-refractivity contribution in [2.75, 3.05) is 12.0 Å². The molecule has 0 unspecified atom stereocenters. The number of para-hydroxylation sites is 1. The first kappa shape index (κ1) is 17.9. The van der Waals surface area contributed by atoms with E-state index in [-0.39, 0.29) is 0 Å². The molecule has 0 amide bonds. The molecule has 0 aliphatic rings. The maximum absolute atomic E-state index is 5.66. The van der Waals surface area contributed by atoms with Crippen molar-refractivity contribution in [2.24, 2.45) is 12.1 Å². The number of aryl methyl sites for hydroxylation is 1. The fraction of sp³-hybridized carbons (Fsp3) is 0.238. The minimum atomic E-state index is 0.356. The lowest BCUT2D eigenvalue weighted by Gasteiger charge is -2.04. The van der Waals surface area contributed by atoms with E-state index in [2.05, 4.69) is 32.6 Å². The molecule has 0 aliphatic heterocycles. The molecule has 2 aromatic carbocycles. The summed E-state index contributed by atoms with van der Waals surface area (Å²) in [6, 6.07) is 15.8. The molecule has 7 nitrogen and oxygen atoms in total. The Hall–Kier alpha value is -3.48. The molecule has 0 atom stereocenters. The first-order valence-corrected chi connectivity index (χ1v) is 9.36. The molecular formula is C21H22N6O. The second-order valence-electron chi connectivity index (χ2n) is 6.52. The maximum Gasteiger partial charge on any atom is 0.265 e. The molecule has 28 heavy (non-hydrogen) atoms. The van der Waals surface area contributed by atoms with Crippen molar-refractivity contribution in [3.8, 4) is 5.75 Å². The zero-order valence-electron chi connectivity index (χ0n) is 16.0. The number of ether oxygens (including phenoxy) is 1. The first-order valence-electron chi connectivity index (χ1n) is 9.36. The van der Waals surface area contributed by atoms with Gasteiger partial charge in [-0.1, -0.05) is 31.5 Å². The highest BCUT2D eigenvalue weighted by Gasteiger charge is 2.11. The molecule has 0 bridgehead atoms. The average molecular weight is 374 g/mol. The Morgan fingerprint density at radius 3 is 2.75 bits per heavy atom. The molecule has 0 aliphatic carbocycles. The van der Waals surface area contributed by atoms with Crippen molar-refractivity contribution in [3.05, 3.63) is 54.1 Å². The Morgan fingerprint density at radius 2 is 1.93 bits per heavy atom. The molecule has 0 spiro atoms. The van der Waals surface area contributed by atoms with Gasteiger partial charge in [-0.3, -0.25) is 0 Å². The molecular weight excluding hydrogens is 352 g/mol. The fourth-order valence-electron chi connectivity index (χ4n) is 3.00. The van der Waals surface area contributed by atoms with Crippen molar-refractivity contribution in [2.45, 2.75) is 19.8 Å². The van der Waals surface area contributed by atoms with Crippen molar-refractivity contribution < 1.29 is 4.74 Å². The molecule has 0 fully saturated rings. The summed E-state index contributed by atoms with van der Waals surface area (Å²) in [7, 11) is 1.97. The summed E-state index contributed by atoms with van der Waals surface area (Å²) in [4.78, 5) is 4.54. The Morgan fingerprint density at radius 1 is 1.11 bits per heavy atom. The van der Waals surface area contributed by atoms with Gasteiger partial charge >= 0.3 is 0 Å². The van der Waals surface area contributed by atoms with Gasteiger partial charge in [-0.25, -0.2) is 5.43 Å². The molecule has 142 valence electrons. The molecule has 4 aromatic rings. The average Bonchev–Trinajstić information content (AvgIpc) is 3.02. The minimum absolute atomic E-state index is 0.356. The number of hydrogen-bond donors (Lipinski definition) is 1. The van der Waals surface area contributed by atoms with Crippen LogP contribution < -0.4 is 10.2 Å². The zero-order valence-corrected chi connectivity index (χ0v) is 16.0. The van der Waals surface area contributed by atoms with Crippen molar-refractivity contribution in [1.29, 1.82) is 0 Å². The standard InChI is InChI=1S/C21H22N6O/c1-3-4-13-28-16-11-9-15(10-12-16)14-22-25-21-23-20-19(24-26-21)17-7-5-6-8-18(17)27(20)2/h5-12,14H,3-4,13H2,1-2H3,(H,23,25,26)/b22-14+. The van der Waals surface area contributed by atoms with Crippen molar-refractivity contribution in [1.82, 2.24) is 19.7 Å². The quantitative estimate of drug-likeness (QED) is 0.299. The normalized spacial score (nSPS) is 11.5. The van der Waals surface area contributed by atoms with Crippen molar-refractivity contribution in [3.63, 3.8) is 0 Å². The number of anilines is 1. The van der Waals surface area contributed by atoms with Gasteiger partial charge in [0.05, 0.1) is 18.3 Å². The van der Waals surface area contributed by atoms with Crippen LogP contribution in [0.5, 0.6) is 5.75 Å². The Kier molecular flexibility index (Phi) is 5.14. The van der Waals surface area contributed by atoms with E-state index in [0.29, 0.717) is 5.95 Å². The zero-order chi connectivity index (χ0) is 19.3. The van der Waals surface area contributed by atoms with Gasteiger partial charge in [0.15, 0.2) is 5.65 Å². The van der Waals surface area contributed by atoms with E-state index >= 15 is 0 Å². The third-order valence-electron chi connectivity index (χ3n) is 4.53. The molecule has 0 saturated heterocycles. The van der Waals surface area contributed by atoms with E-state index < -0.39 is 0 Å². The summed E-state index contributed by atoms with van der Waals surface area (Å²) in [5, 5.41) is 13.7. The molecule has 0 saturated carbocycles. The van der Waals surface area contributed by atoms with Crippen LogP contribution in [-0.2, 0) is 7.05 Å². The van der Waals surface area contributed by atoms with Crippen LogP contribution in [0.2, 0.25) is 0 Å². The Bertz CT molecular complexity index is 1120. The second-order valence-corrected chi connectivity index (χ2v) is 6.52. The van der Waals surface area contributed by atoms with Gasteiger partial charge in [-0.15, -0.1) is 10.2 Å². The highest BCUT2D eigenvalue weighted by Crippen LogP contribution is 2.24. The molecule has 2 aromatic heterocycles. The van der Waals surface area contributed by atoms with Crippen LogP contribution in [0, 0.1) is 0 Å². The van der Waals surface area contributed by atoms with Crippen LogP contribution in [0.4, 0.5) is 5.95 Å². The summed E-state index contributed by atoms with van der Waals surface area (Å²) >= 11 is 0. The summed E-state index contributed by atoms with van der Waals surface area (Å²) in [6.07, 6.45) is 3.89. The van der Waals surface area contributed by atoms with Gasteiger partial charge in [-0.05, 0) is 42.3 Å². The van der Waals surface area contributed by atoms with Gasteiger partial charge in [-0.2, -0.15) is 10.1 Å². The lowest BCUT2D eigenvalue weighted by Crippen LogP contribution is -2.01. The first-order chi connectivity index (χ1) is 13.8. The highest BCUT2D eigenvalue weighted by molar-refractivity contribution is 6.04. The minimum Gasteiger partial charge on any atom is -0.494 e. The molecule has 7 heteroatoms. The van der Waals surface area contributed by atoms with Crippen LogP contribution in [0.1, 0.15) is 25.3 Å². The molecule has 4 rings (SSSR count). The number of aromatic nitrogens is 4. The smallest absolute Gasteiger partial charge is 0.265 e. The van der Waals surface area contributed by atoms with E-state index in [1.807, 2.05) is 60.1 Å². The summed E-state index contributed by atoms with van der Waals surface area (Å²) in [5.41, 5.74) is 6.43. The summed E-state index contributed by atoms with van der Waals surface area (Å²) < 4.78 is 7.67. The van der Waals surface area contributed by atoms with Crippen LogP contribution in [0.15, 0.2) is 53.6 Å². The van der Waals surface area contributed by atoms with Gasteiger partial charge in [0, 0.05) is 12.4 Å². The summed E-state index contributed by atoms with van der Waals surface area (Å²) in [6.45, 7) is 2.89. The third-order valence-corrected chi connectivity index (χ3v) is 4.53. The number of rotatable bonds is 7. The van der Waals surface area contributed by atoms with Gasteiger partial charge in [0.25, 0.3) is 5.95 Å². The van der Waals surface area contributed by atoms with E-state index in [1.54, 1.807) is 6.21 Å². The number of benzene rings is 2. The Labute approximate surface area is 163 Å². The lowest BCUT2D eigenvalue weighted by molar-refractivity contribution is 0.309. The maximum atomic E-state index is 5.66. The lowest BCUT2D eigenvalue weighted by atomic mass is 10.2. The number of unbranched alkanes of at least 4 members (excludes halogenated alkanes) is 1. The van der Waals surface area contributed by atoms with E-state index in [4.69, 9.17) is 4.74 Å². The number of hydrogen-bond acceptors (Lipinski definition) is 6. The van der Waals surface area contributed by atoms with Crippen molar-refractivity contribution >= 4 is 34.2 Å². The Balaban J connectivity index is 1.46. The number of nitrogens with one attached hydrogen (secondary N) is 1. The van der Waals surface area contributed by atoms with Crippen LogP contribution in [0.3, 0.4) is 0 Å². The SMILES string of the molecule is CCCCOc1ccc(/C=N/Nc2nnc3c4ccccc4n(C)c3n2)cc1. The molecule has 0 radical (unpaired) electrons. The van der Waals surface area contributed by atoms with Gasteiger partial charge in [0.1, 0.15) is 11.3 Å². The summed E-state index contributed by atoms with van der Waals surface area (Å²) in [5.74, 6) is 1.22. The monoisotopic (exact) mass is 374 g/mol. The number of hydrazone groups is 1. The molecule has 1 N–H and O–H groups in total. The van der Waals surface area contributed by atoms with E-state index in [9.17, 15) is 0 Å². The van der Waals surface area contributed by atoms with E-state index in [0.717, 1.165) is 52.8 Å². The van der Waals surface area contributed by atoms with Gasteiger partial charge < -0.3 is 9.30 Å². The topological polar surface area (TPSA) is 77.2 Å². The van der Waals surface area contributed by atoms with E-state index in [1.165, 1.54) is 0 Å². The third kappa shape index (κ3) is 3.64. The van der Waals surface area contributed by atoms with Crippen LogP contribution in [0.25, 0.3) is 22.1 Å². The number of nitrogens with zero attached hydrogens (tertiary/aromatic N) is 5. The molecule has 2 heterocycles. The number of fused-ring (bicyclic) bond motifs is 3. The predicted molar refractivity (Wildman–Crippen MR) is 112 cm³/mol. The second kappa shape index (κ2) is 8.04. The van der Waals surface area contributed by atoms with Crippen LogP contribution in [-0.4, -0.2) is 32.6 Å². The highest BCUT2D eigenvalue weighted by atomic mass is 16.5. The largest absolute Gasteiger partial charge is 0.494 e. The van der Waals surface area contributed by atoms with Crippen LogP contribution >= 0.6 is 0 Å². The predicted octanol–water partition coefficient (Wildman–Crippen LogP) is 4.14.